The van der Waals surface area contributed by atoms with Crippen molar-refractivity contribution in [3.63, 3.8) is 0 Å². The van der Waals surface area contributed by atoms with E-state index in [9.17, 15) is 22.4 Å². The molecule has 0 saturated carbocycles. The predicted octanol–water partition coefficient (Wildman–Crippen LogP) is 3.83. The molecule has 0 aliphatic carbocycles. The minimum Gasteiger partial charge on any atom is -0.300 e. The van der Waals surface area contributed by atoms with Crippen LogP contribution < -0.4 is 0 Å². The molecule has 2 heterocycles. The largest absolute Gasteiger partial charge is 0.416 e. The van der Waals surface area contributed by atoms with Crippen LogP contribution in [0.3, 0.4) is 0 Å². The Morgan fingerprint density at radius 3 is 2.35 bits per heavy atom. The average molecular weight is 329 g/mol. The lowest BCUT2D eigenvalue weighted by atomic mass is 9.85. The van der Waals surface area contributed by atoms with E-state index in [-0.39, 0.29) is 23.7 Å². The smallest absolute Gasteiger partial charge is 0.300 e. The summed E-state index contributed by atoms with van der Waals surface area (Å²) in [6, 6.07) is 3.15. The molecule has 1 aromatic carbocycles. The number of piperidine rings is 1. The van der Waals surface area contributed by atoms with Crippen LogP contribution >= 0.6 is 0 Å². The zero-order valence-electron chi connectivity index (χ0n) is 12.9. The number of carbonyl (C=O) groups is 1. The highest BCUT2D eigenvalue weighted by Gasteiger charge is 2.40. The highest BCUT2D eigenvalue weighted by atomic mass is 19.4. The predicted molar refractivity (Wildman–Crippen MR) is 77.4 cm³/mol. The number of rotatable bonds is 3. The number of carbonyl (C=O) groups excluding carboxylic acids is 1. The fourth-order valence-corrected chi connectivity index (χ4v) is 3.94. The van der Waals surface area contributed by atoms with Crippen LogP contribution in [0.15, 0.2) is 18.2 Å². The van der Waals surface area contributed by atoms with Crippen LogP contribution in [0, 0.1) is 11.7 Å². The van der Waals surface area contributed by atoms with E-state index in [1.807, 2.05) is 0 Å². The second-order valence-corrected chi connectivity index (χ2v) is 6.71. The van der Waals surface area contributed by atoms with Crippen molar-refractivity contribution in [1.82, 2.24) is 4.90 Å². The van der Waals surface area contributed by atoms with Crippen molar-refractivity contribution >= 4 is 5.78 Å². The summed E-state index contributed by atoms with van der Waals surface area (Å²) in [5.41, 5.74) is -0.933. The lowest BCUT2D eigenvalue weighted by molar-refractivity contribution is -0.138. The minimum atomic E-state index is -4.60. The highest BCUT2D eigenvalue weighted by Crippen LogP contribution is 2.38. The quantitative estimate of drug-likeness (QED) is 0.786. The maximum absolute atomic E-state index is 13.4. The van der Waals surface area contributed by atoms with Gasteiger partial charge >= 0.3 is 6.18 Å². The monoisotopic (exact) mass is 329 g/mol. The molecule has 126 valence electrons. The Morgan fingerprint density at radius 1 is 1.17 bits per heavy atom. The summed E-state index contributed by atoms with van der Waals surface area (Å²) in [7, 11) is 2.06. The summed E-state index contributed by atoms with van der Waals surface area (Å²) in [5, 5.41) is 0. The van der Waals surface area contributed by atoms with Gasteiger partial charge in [-0.2, -0.15) is 13.2 Å². The number of nitrogens with zero attached hydrogens (tertiary/aromatic N) is 1. The number of fused-ring (bicyclic) bond motifs is 2. The lowest BCUT2D eigenvalue weighted by Crippen LogP contribution is -2.42. The van der Waals surface area contributed by atoms with Crippen LogP contribution in [-0.4, -0.2) is 29.8 Å². The first-order chi connectivity index (χ1) is 10.7. The van der Waals surface area contributed by atoms with Crippen LogP contribution in [0.2, 0.25) is 0 Å². The Labute approximate surface area is 132 Å². The van der Waals surface area contributed by atoms with Crippen molar-refractivity contribution in [3.8, 4) is 0 Å². The van der Waals surface area contributed by atoms with Gasteiger partial charge in [0.2, 0.25) is 0 Å². The van der Waals surface area contributed by atoms with Crippen LogP contribution in [-0.2, 0) is 17.4 Å². The Bertz CT molecular complexity index is 599. The zero-order chi connectivity index (χ0) is 16.8. The van der Waals surface area contributed by atoms with Gasteiger partial charge in [0.25, 0.3) is 0 Å². The van der Waals surface area contributed by atoms with E-state index >= 15 is 0 Å². The molecule has 2 bridgehead atoms. The number of hydrogen-bond acceptors (Lipinski definition) is 2. The number of Topliss-reactive ketones (excluding diaryl/α,β-unsaturated/α-hetero) is 1. The number of alkyl halides is 3. The first-order valence-corrected chi connectivity index (χ1v) is 7.85. The minimum absolute atomic E-state index is 0.0753. The molecular weight excluding hydrogens is 310 g/mol. The van der Waals surface area contributed by atoms with Crippen molar-refractivity contribution in [2.75, 3.05) is 7.05 Å². The van der Waals surface area contributed by atoms with Crippen molar-refractivity contribution in [2.45, 2.75) is 50.4 Å². The molecule has 1 aromatic rings. The van der Waals surface area contributed by atoms with Crippen LogP contribution in [0.5, 0.6) is 0 Å². The summed E-state index contributed by atoms with van der Waals surface area (Å²) >= 11 is 0. The maximum Gasteiger partial charge on any atom is 0.416 e. The Hall–Kier alpha value is -1.43. The fraction of sp³-hybridized carbons (Fsp3) is 0.588. The molecule has 2 unspecified atom stereocenters. The fourth-order valence-electron chi connectivity index (χ4n) is 3.94. The SMILES string of the molecule is CN1C2CCC1CC(C(=O)Cc1cc(F)cc(C(F)(F)F)c1)C2. The van der Waals surface area contributed by atoms with Crippen LogP contribution in [0.1, 0.15) is 36.8 Å². The molecule has 2 aliphatic rings. The van der Waals surface area contributed by atoms with Crippen molar-refractivity contribution < 1.29 is 22.4 Å². The number of hydrogen-bond donors (Lipinski definition) is 0. The molecule has 2 aliphatic heterocycles. The number of ketones is 1. The van der Waals surface area contributed by atoms with E-state index in [1.54, 1.807) is 0 Å². The molecule has 3 rings (SSSR count). The molecular formula is C17H19F4NO. The van der Waals surface area contributed by atoms with Gasteiger partial charge in [-0.3, -0.25) is 4.79 Å². The molecule has 0 N–H and O–H groups in total. The second-order valence-electron chi connectivity index (χ2n) is 6.71. The molecule has 2 atom stereocenters. The first-order valence-electron chi connectivity index (χ1n) is 7.85. The summed E-state index contributed by atoms with van der Waals surface area (Å²) in [4.78, 5) is 14.7. The Kier molecular flexibility index (Phi) is 4.21. The lowest BCUT2D eigenvalue weighted by Gasteiger charge is -2.35. The number of halogens is 4. The van der Waals surface area contributed by atoms with Gasteiger partial charge in [-0.15, -0.1) is 0 Å². The Balaban J connectivity index is 1.72. The standard InChI is InChI=1S/C17H19F4NO/c1-22-14-2-3-15(22)8-11(7-14)16(23)6-10-4-12(17(19,20)21)9-13(18)5-10/h4-5,9,11,14-15H,2-3,6-8H2,1H3. The topological polar surface area (TPSA) is 20.3 Å². The normalized spacial score (nSPS) is 28.1. The third-order valence-corrected chi connectivity index (χ3v) is 5.22. The van der Waals surface area contributed by atoms with Crippen LogP contribution in [0.25, 0.3) is 0 Å². The maximum atomic E-state index is 13.4. The van der Waals surface area contributed by atoms with Gasteiger partial charge < -0.3 is 4.90 Å². The van der Waals surface area contributed by atoms with Crippen LogP contribution in [0.4, 0.5) is 17.6 Å². The van der Waals surface area contributed by atoms with Gasteiger partial charge in [-0.05, 0) is 56.5 Å². The van der Waals surface area contributed by atoms with Gasteiger partial charge in [0, 0.05) is 24.4 Å². The summed E-state index contributed by atoms with van der Waals surface area (Å²) in [6.07, 6.45) is -1.08. The van der Waals surface area contributed by atoms with E-state index < -0.39 is 17.6 Å². The van der Waals surface area contributed by atoms with Crippen molar-refractivity contribution in [2.24, 2.45) is 5.92 Å². The zero-order valence-corrected chi connectivity index (χ0v) is 12.9. The second kappa shape index (κ2) is 5.89. The molecule has 2 fully saturated rings. The molecule has 2 nitrogen and oxygen atoms in total. The van der Waals surface area contributed by atoms with E-state index in [0.29, 0.717) is 18.2 Å². The third kappa shape index (κ3) is 3.42. The molecule has 0 radical (unpaired) electrons. The van der Waals surface area contributed by atoms with E-state index in [2.05, 4.69) is 11.9 Å². The van der Waals surface area contributed by atoms with Gasteiger partial charge in [0.1, 0.15) is 11.6 Å². The molecule has 0 aromatic heterocycles. The van der Waals surface area contributed by atoms with Crippen molar-refractivity contribution in [3.05, 3.63) is 35.1 Å². The van der Waals surface area contributed by atoms with E-state index in [4.69, 9.17) is 0 Å². The van der Waals surface area contributed by atoms with Gasteiger partial charge in [0.15, 0.2) is 0 Å². The molecule has 23 heavy (non-hydrogen) atoms. The summed E-state index contributed by atoms with van der Waals surface area (Å²) < 4.78 is 51.6. The average Bonchev–Trinajstić information content (AvgIpc) is 2.68. The van der Waals surface area contributed by atoms with Gasteiger partial charge in [-0.1, -0.05) is 0 Å². The summed E-state index contributed by atoms with van der Waals surface area (Å²) in [6.45, 7) is 0. The van der Waals surface area contributed by atoms with Gasteiger partial charge in [-0.25, -0.2) is 4.39 Å². The van der Waals surface area contributed by atoms with E-state index in [0.717, 1.165) is 37.8 Å². The molecule has 0 amide bonds. The van der Waals surface area contributed by atoms with Crippen molar-refractivity contribution in [1.29, 1.82) is 0 Å². The number of benzene rings is 1. The third-order valence-electron chi connectivity index (χ3n) is 5.22. The molecule has 0 spiro atoms. The van der Waals surface area contributed by atoms with E-state index in [1.165, 1.54) is 0 Å². The first kappa shape index (κ1) is 16.4. The Morgan fingerprint density at radius 2 is 1.78 bits per heavy atom. The molecule has 6 heteroatoms. The molecule has 2 saturated heterocycles. The highest BCUT2D eigenvalue weighted by molar-refractivity contribution is 5.83. The van der Waals surface area contributed by atoms with Gasteiger partial charge in [0.05, 0.1) is 5.56 Å². The summed E-state index contributed by atoms with van der Waals surface area (Å²) in [5.74, 6) is -1.15.